The minimum atomic E-state index is -0.998. The minimum Gasteiger partial charge on any atom is -0.481 e. The minimum absolute atomic E-state index is 0.220. The van der Waals surface area contributed by atoms with Gasteiger partial charge in [-0.2, -0.15) is 0 Å². The Morgan fingerprint density at radius 3 is 2.45 bits per heavy atom. The van der Waals surface area contributed by atoms with Gasteiger partial charge in [0.25, 0.3) is 0 Å². The molecule has 0 heterocycles. The molecule has 0 spiro atoms. The molecule has 0 unspecified atom stereocenters. The highest BCUT2D eigenvalue weighted by molar-refractivity contribution is 7.98. The van der Waals surface area contributed by atoms with Gasteiger partial charge in [-0.05, 0) is 65.9 Å². The molecule has 0 aliphatic rings. The SMILES string of the molecule is CSc1cccc(-c2cc(CN)ccc2OCC(=O)O)c1.Fc1ccc(S)cc1. The zero-order chi connectivity index (χ0) is 21.2. The second kappa shape index (κ2) is 11.5. The van der Waals surface area contributed by atoms with E-state index in [1.165, 1.54) is 12.1 Å². The molecule has 0 atom stereocenters. The third kappa shape index (κ3) is 7.45. The predicted molar refractivity (Wildman–Crippen MR) is 118 cm³/mol. The first kappa shape index (κ1) is 22.8. The Labute approximate surface area is 179 Å². The Hall–Kier alpha value is -2.48. The van der Waals surface area contributed by atoms with Gasteiger partial charge in [-0.15, -0.1) is 24.4 Å². The molecule has 0 amide bonds. The highest BCUT2D eigenvalue weighted by atomic mass is 32.2. The normalized spacial score (nSPS) is 10.1. The Kier molecular flexibility index (Phi) is 9.05. The van der Waals surface area contributed by atoms with Crippen molar-refractivity contribution < 1.29 is 19.0 Å². The third-order valence-electron chi connectivity index (χ3n) is 3.84. The molecule has 0 radical (unpaired) electrons. The Balaban J connectivity index is 0.000000313. The number of thioether (sulfide) groups is 1. The number of nitrogens with two attached hydrogens (primary N) is 1. The van der Waals surface area contributed by atoms with Crippen molar-refractivity contribution in [3.05, 3.63) is 78.1 Å². The summed E-state index contributed by atoms with van der Waals surface area (Å²) in [5.74, 6) is -0.669. The number of carboxylic acids is 1. The average Bonchev–Trinajstić information content (AvgIpc) is 2.74. The summed E-state index contributed by atoms with van der Waals surface area (Å²) in [6.07, 6.45) is 2.01. The predicted octanol–water partition coefficient (Wildman–Crippen LogP) is 5.11. The summed E-state index contributed by atoms with van der Waals surface area (Å²) >= 11 is 5.62. The van der Waals surface area contributed by atoms with E-state index in [1.807, 2.05) is 42.7 Å². The van der Waals surface area contributed by atoms with Crippen LogP contribution < -0.4 is 10.5 Å². The molecule has 4 nitrogen and oxygen atoms in total. The van der Waals surface area contributed by atoms with Crippen LogP contribution in [-0.2, 0) is 11.3 Å². The quantitative estimate of drug-likeness (QED) is 0.374. The number of benzene rings is 3. The van der Waals surface area contributed by atoms with Crippen LogP contribution in [0, 0.1) is 5.82 Å². The van der Waals surface area contributed by atoms with Gasteiger partial charge in [0.15, 0.2) is 6.61 Å². The van der Waals surface area contributed by atoms with Crippen LogP contribution in [0.3, 0.4) is 0 Å². The van der Waals surface area contributed by atoms with Crippen LogP contribution in [-0.4, -0.2) is 23.9 Å². The van der Waals surface area contributed by atoms with E-state index in [9.17, 15) is 9.18 Å². The van der Waals surface area contributed by atoms with Crippen molar-refractivity contribution in [2.45, 2.75) is 16.3 Å². The molecule has 0 fully saturated rings. The zero-order valence-electron chi connectivity index (χ0n) is 15.8. The topological polar surface area (TPSA) is 72.5 Å². The molecule has 0 saturated carbocycles. The van der Waals surface area contributed by atoms with E-state index in [0.29, 0.717) is 12.3 Å². The zero-order valence-corrected chi connectivity index (χ0v) is 17.6. The molecule has 3 rings (SSSR count). The number of carbonyl (C=O) groups is 1. The standard InChI is InChI=1S/C16H17NO3S.C6H5FS/c1-21-13-4-2-3-12(8-13)14-7-11(9-17)5-6-15(14)20-10-16(18)19;7-5-1-3-6(8)4-2-5/h2-8H,9-10,17H2,1H3,(H,18,19);1-4,8H. The van der Waals surface area contributed by atoms with Crippen LogP contribution in [0.2, 0.25) is 0 Å². The molecule has 0 saturated heterocycles. The van der Waals surface area contributed by atoms with Crippen molar-refractivity contribution in [3.8, 4) is 16.9 Å². The summed E-state index contributed by atoms with van der Waals surface area (Å²) < 4.78 is 17.4. The number of ether oxygens (including phenoxy) is 1. The van der Waals surface area contributed by atoms with E-state index >= 15 is 0 Å². The lowest BCUT2D eigenvalue weighted by Crippen LogP contribution is -2.10. The summed E-state index contributed by atoms with van der Waals surface area (Å²) in [5.41, 5.74) is 8.50. The fraction of sp³-hybridized carbons (Fsp3) is 0.136. The molecule has 3 N–H and O–H groups in total. The highest BCUT2D eigenvalue weighted by Crippen LogP contribution is 2.33. The first-order valence-corrected chi connectivity index (χ1v) is 10.4. The van der Waals surface area contributed by atoms with Crippen LogP contribution in [0.15, 0.2) is 76.5 Å². The van der Waals surface area contributed by atoms with Gasteiger partial charge in [-0.3, -0.25) is 0 Å². The number of rotatable bonds is 6. The second-order valence-electron chi connectivity index (χ2n) is 5.93. The largest absolute Gasteiger partial charge is 0.481 e. The van der Waals surface area contributed by atoms with Crippen LogP contribution >= 0.6 is 24.4 Å². The van der Waals surface area contributed by atoms with Crippen molar-refractivity contribution in [1.29, 1.82) is 0 Å². The monoisotopic (exact) mass is 431 g/mol. The van der Waals surface area contributed by atoms with Gasteiger partial charge in [0, 0.05) is 21.9 Å². The molecule has 7 heteroatoms. The van der Waals surface area contributed by atoms with Gasteiger partial charge >= 0.3 is 5.97 Å². The summed E-state index contributed by atoms with van der Waals surface area (Å²) in [6.45, 7) is 0.0611. The number of hydrogen-bond acceptors (Lipinski definition) is 5. The highest BCUT2D eigenvalue weighted by Gasteiger charge is 2.10. The Morgan fingerprint density at radius 1 is 1.14 bits per heavy atom. The van der Waals surface area contributed by atoms with E-state index in [4.69, 9.17) is 15.6 Å². The van der Waals surface area contributed by atoms with Crippen molar-refractivity contribution >= 4 is 30.4 Å². The van der Waals surface area contributed by atoms with E-state index in [0.717, 1.165) is 26.5 Å². The summed E-state index contributed by atoms with van der Waals surface area (Å²) in [7, 11) is 0. The fourth-order valence-electron chi connectivity index (χ4n) is 2.43. The van der Waals surface area contributed by atoms with Crippen molar-refractivity contribution in [3.63, 3.8) is 0 Å². The number of thiol groups is 1. The summed E-state index contributed by atoms with van der Waals surface area (Å²) in [5, 5.41) is 8.77. The Morgan fingerprint density at radius 2 is 1.86 bits per heavy atom. The lowest BCUT2D eigenvalue weighted by Gasteiger charge is -2.12. The molecule has 0 bridgehead atoms. The van der Waals surface area contributed by atoms with Gasteiger partial charge in [-0.25, -0.2) is 9.18 Å². The van der Waals surface area contributed by atoms with Gasteiger partial charge < -0.3 is 15.6 Å². The van der Waals surface area contributed by atoms with Crippen LogP contribution in [0.25, 0.3) is 11.1 Å². The van der Waals surface area contributed by atoms with Crippen molar-refractivity contribution in [2.24, 2.45) is 5.73 Å². The van der Waals surface area contributed by atoms with Gasteiger partial charge in [-0.1, -0.05) is 18.2 Å². The molecule has 3 aromatic rings. The molecule has 3 aromatic carbocycles. The van der Waals surface area contributed by atoms with E-state index in [2.05, 4.69) is 12.6 Å². The second-order valence-corrected chi connectivity index (χ2v) is 7.32. The van der Waals surface area contributed by atoms with Crippen LogP contribution in [0.4, 0.5) is 4.39 Å². The average molecular weight is 432 g/mol. The fourth-order valence-corrected chi connectivity index (χ4v) is 3.04. The number of aliphatic carboxylic acids is 1. The van der Waals surface area contributed by atoms with Crippen molar-refractivity contribution in [2.75, 3.05) is 12.9 Å². The van der Waals surface area contributed by atoms with E-state index in [1.54, 1.807) is 30.0 Å². The molecular formula is C22H22FNO3S2. The van der Waals surface area contributed by atoms with Gasteiger partial charge in [0.05, 0.1) is 0 Å². The lowest BCUT2D eigenvalue weighted by molar-refractivity contribution is -0.139. The first-order valence-electron chi connectivity index (χ1n) is 8.69. The number of carboxylic acid groups (broad SMARTS) is 1. The smallest absolute Gasteiger partial charge is 0.341 e. The molecule has 0 aromatic heterocycles. The van der Waals surface area contributed by atoms with E-state index < -0.39 is 5.97 Å². The summed E-state index contributed by atoms with van der Waals surface area (Å²) in [6, 6.07) is 19.6. The third-order valence-corrected chi connectivity index (χ3v) is 4.86. The molecular weight excluding hydrogens is 409 g/mol. The Bertz CT molecular complexity index is 928. The molecule has 0 aliphatic heterocycles. The van der Waals surface area contributed by atoms with E-state index in [-0.39, 0.29) is 12.4 Å². The maximum absolute atomic E-state index is 12.1. The van der Waals surface area contributed by atoms with Crippen LogP contribution in [0.5, 0.6) is 5.75 Å². The lowest BCUT2D eigenvalue weighted by atomic mass is 10.0. The maximum atomic E-state index is 12.1. The molecule has 152 valence electrons. The van der Waals surface area contributed by atoms with Gasteiger partial charge in [0.1, 0.15) is 11.6 Å². The summed E-state index contributed by atoms with van der Waals surface area (Å²) in [4.78, 5) is 12.6. The van der Waals surface area contributed by atoms with Gasteiger partial charge in [0.2, 0.25) is 0 Å². The van der Waals surface area contributed by atoms with Crippen molar-refractivity contribution in [1.82, 2.24) is 0 Å². The molecule has 0 aliphatic carbocycles. The van der Waals surface area contributed by atoms with Crippen LogP contribution in [0.1, 0.15) is 5.56 Å². The maximum Gasteiger partial charge on any atom is 0.341 e. The number of halogens is 1. The molecule has 29 heavy (non-hydrogen) atoms. The first-order chi connectivity index (χ1) is 13.9. The number of hydrogen-bond donors (Lipinski definition) is 3.